The predicted octanol–water partition coefficient (Wildman–Crippen LogP) is 5.03. The molecule has 0 saturated carbocycles. The number of rotatable bonds is 8. The molecule has 1 N–H and O–H groups in total. The number of nitrogens with zero attached hydrogens (tertiary/aromatic N) is 1. The molecule has 1 fully saturated rings. The van der Waals surface area contributed by atoms with Crippen LogP contribution < -0.4 is 5.32 Å². The molecule has 3 aromatic carbocycles. The summed E-state index contributed by atoms with van der Waals surface area (Å²) in [4.78, 5) is 38.1. The molecule has 1 aliphatic heterocycles. The van der Waals surface area contributed by atoms with Gasteiger partial charge in [0.15, 0.2) is 12.4 Å². The molecule has 3 aromatic rings. The van der Waals surface area contributed by atoms with E-state index < -0.39 is 28.5 Å². The van der Waals surface area contributed by atoms with Gasteiger partial charge in [-0.25, -0.2) is 13.2 Å². The van der Waals surface area contributed by atoms with Crippen molar-refractivity contribution in [2.75, 3.05) is 25.0 Å². The molecule has 0 aliphatic carbocycles. The monoisotopic (exact) mass is 568 g/mol. The number of benzene rings is 3. The van der Waals surface area contributed by atoms with E-state index in [1.807, 2.05) is 13.8 Å². The third-order valence-electron chi connectivity index (χ3n) is 6.43. The summed E-state index contributed by atoms with van der Waals surface area (Å²) < 4.78 is 32.7. The van der Waals surface area contributed by atoms with Crippen LogP contribution in [0.3, 0.4) is 0 Å². The zero-order valence-corrected chi connectivity index (χ0v) is 23.2. The van der Waals surface area contributed by atoms with Gasteiger partial charge in [-0.1, -0.05) is 55.8 Å². The second-order valence-electron chi connectivity index (χ2n) is 9.80. The average molecular weight is 569 g/mol. The summed E-state index contributed by atoms with van der Waals surface area (Å²) in [5, 5.41) is 2.91. The summed E-state index contributed by atoms with van der Waals surface area (Å²) in [6.45, 7) is 4.37. The summed E-state index contributed by atoms with van der Waals surface area (Å²) >= 11 is 6.08. The Morgan fingerprint density at radius 3 is 2.21 bits per heavy atom. The van der Waals surface area contributed by atoms with Gasteiger partial charge in [0.1, 0.15) is 0 Å². The highest BCUT2D eigenvalue weighted by Crippen LogP contribution is 2.27. The topological polar surface area (TPSA) is 110 Å². The van der Waals surface area contributed by atoms with Gasteiger partial charge in [-0.2, -0.15) is 4.31 Å². The fraction of sp³-hybridized carbons (Fsp3) is 0.276. The first-order chi connectivity index (χ1) is 18.5. The number of halogens is 1. The zero-order chi connectivity index (χ0) is 28.2. The number of hydrogen-bond donors (Lipinski definition) is 1. The number of nitrogens with one attached hydrogen (secondary N) is 1. The molecule has 1 saturated heterocycles. The fourth-order valence-electron chi connectivity index (χ4n) is 4.67. The third kappa shape index (κ3) is 6.92. The van der Waals surface area contributed by atoms with Crippen LogP contribution in [0.5, 0.6) is 0 Å². The minimum atomic E-state index is -3.68. The van der Waals surface area contributed by atoms with E-state index in [4.69, 9.17) is 16.3 Å². The van der Waals surface area contributed by atoms with E-state index in [9.17, 15) is 22.8 Å². The van der Waals surface area contributed by atoms with Crippen LogP contribution in [0.2, 0.25) is 5.02 Å². The highest BCUT2D eigenvalue weighted by molar-refractivity contribution is 7.89. The Morgan fingerprint density at radius 1 is 0.923 bits per heavy atom. The lowest BCUT2D eigenvalue weighted by molar-refractivity contribution is -0.119. The number of amides is 1. The minimum absolute atomic E-state index is 0.0939. The van der Waals surface area contributed by atoms with E-state index in [1.165, 1.54) is 46.8 Å². The van der Waals surface area contributed by atoms with Gasteiger partial charge in [-0.05, 0) is 60.7 Å². The zero-order valence-electron chi connectivity index (χ0n) is 21.6. The summed E-state index contributed by atoms with van der Waals surface area (Å²) in [7, 11) is -3.68. The van der Waals surface area contributed by atoms with E-state index >= 15 is 0 Å². The summed E-state index contributed by atoms with van der Waals surface area (Å²) in [5.41, 5.74) is 0.956. The van der Waals surface area contributed by atoms with Gasteiger partial charge in [0.25, 0.3) is 5.91 Å². The number of carbonyl (C=O) groups excluding carboxylic acids is 3. The lowest BCUT2D eigenvalue weighted by atomic mass is 9.94. The molecular formula is C29H29ClN2O6S. The maximum Gasteiger partial charge on any atom is 0.338 e. The van der Waals surface area contributed by atoms with E-state index in [2.05, 4.69) is 5.32 Å². The van der Waals surface area contributed by atoms with Crippen LogP contribution in [0.1, 0.15) is 46.5 Å². The Balaban J connectivity index is 1.38. The molecule has 0 bridgehead atoms. The summed E-state index contributed by atoms with van der Waals surface area (Å²) in [5.74, 6) is -1.23. The highest BCUT2D eigenvalue weighted by Gasteiger charge is 2.31. The standard InChI is InChI=1S/C29H29ClN2O6S/c1-19-14-20(2)17-32(16-19)39(36,37)24-11-8-22(9-12-24)29(35)38-18-27(33)31-26-13-10-23(30)15-25(26)28(34)21-6-4-3-5-7-21/h3-13,15,19-20H,14,16-18H2,1-2H3,(H,31,33)/t19-,20-/m1/s1. The van der Waals surface area contributed by atoms with Crippen LogP contribution in [0.15, 0.2) is 77.7 Å². The van der Waals surface area contributed by atoms with Gasteiger partial charge in [0.05, 0.1) is 16.1 Å². The van der Waals surface area contributed by atoms with Crippen LogP contribution in [0.25, 0.3) is 0 Å². The van der Waals surface area contributed by atoms with Gasteiger partial charge in [-0.3, -0.25) is 9.59 Å². The van der Waals surface area contributed by atoms with Crippen molar-refractivity contribution in [3.63, 3.8) is 0 Å². The summed E-state index contributed by atoms with van der Waals surface area (Å²) in [6, 6.07) is 18.5. The van der Waals surface area contributed by atoms with Gasteiger partial charge in [0, 0.05) is 29.2 Å². The molecular weight excluding hydrogens is 540 g/mol. The molecule has 1 heterocycles. The van der Waals surface area contributed by atoms with Crippen molar-refractivity contribution in [2.24, 2.45) is 11.8 Å². The quantitative estimate of drug-likeness (QED) is 0.301. The van der Waals surface area contributed by atoms with Gasteiger partial charge < -0.3 is 10.1 Å². The van der Waals surface area contributed by atoms with Crippen LogP contribution in [0.4, 0.5) is 5.69 Å². The first-order valence-corrected chi connectivity index (χ1v) is 14.3. The molecule has 1 aliphatic rings. The van der Waals surface area contributed by atoms with Crippen molar-refractivity contribution in [2.45, 2.75) is 25.2 Å². The van der Waals surface area contributed by atoms with Gasteiger partial charge in [-0.15, -0.1) is 0 Å². The van der Waals surface area contributed by atoms with Crippen LogP contribution in [-0.4, -0.2) is 50.1 Å². The second kappa shape index (κ2) is 12.1. The number of carbonyl (C=O) groups is 3. The smallest absolute Gasteiger partial charge is 0.338 e. The Hall–Kier alpha value is -3.53. The van der Waals surface area contributed by atoms with E-state index in [-0.39, 0.29) is 39.3 Å². The Kier molecular flexibility index (Phi) is 8.84. The number of sulfonamides is 1. The Bertz CT molecular complexity index is 1470. The molecule has 2 atom stereocenters. The van der Waals surface area contributed by atoms with E-state index in [0.29, 0.717) is 23.7 Å². The number of anilines is 1. The lowest BCUT2D eigenvalue weighted by Gasteiger charge is -2.34. The third-order valence-corrected chi connectivity index (χ3v) is 8.51. The number of ether oxygens (including phenoxy) is 1. The first-order valence-electron chi connectivity index (χ1n) is 12.5. The molecule has 39 heavy (non-hydrogen) atoms. The summed E-state index contributed by atoms with van der Waals surface area (Å²) in [6.07, 6.45) is 0.979. The average Bonchev–Trinajstić information content (AvgIpc) is 2.92. The Labute approximate surface area is 233 Å². The molecule has 204 valence electrons. The molecule has 0 unspecified atom stereocenters. The van der Waals surface area contributed by atoms with Crippen LogP contribution >= 0.6 is 11.6 Å². The number of piperidine rings is 1. The molecule has 0 radical (unpaired) electrons. The van der Waals surface area contributed by atoms with Crippen LogP contribution in [-0.2, 0) is 19.6 Å². The molecule has 4 rings (SSSR count). The number of ketones is 1. The first kappa shape index (κ1) is 28.5. The normalized spacial score (nSPS) is 17.8. The second-order valence-corrected chi connectivity index (χ2v) is 12.2. The number of hydrogen-bond acceptors (Lipinski definition) is 6. The van der Waals surface area contributed by atoms with E-state index in [0.717, 1.165) is 6.42 Å². The van der Waals surface area contributed by atoms with Crippen molar-refractivity contribution in [3.05, 3.63) is 94.5 Å². The SMILES string of the molecule is C[C@@H]1C[C@@H](C)CN(S(=O)(=O)c2ccc(C(=O)OCC(=O)Nc3ccc(Cl)cc3C(=O)c3ccccc3)cc2)C1. The maximum atomic E-state index is 13.1. The van der Waals surface area contributed by atoms with Gasteiger partial charge >= 0.3 is 5.97 Å². The van der Waals surface area contributed by atoms with Crippen molar-refractivity contribution < 1.29 is 27.5 Å². The van der Waals surface area contributed by atoms with Crippen molar-refractivity contribution in [1.29, 1.82) is 0 Å². The molecule has 8 nitrogen and oxygen atoms in total. The van der Waals surface area contributed by atoms with Crippen molar-refractivity contribution in [1.82, 2.24) is 4.31 Å². The van der Waals surface area contributed by atoms with E-state index in [1.54, 1.807) is 30.3 Å². The predicted molar refractivity (Wildman–Crippen MR) is 148 cm³/mol. The Morgan fingerprint density at radius 2 is 1.56 bits per heavy atom. The lowest BCUT2D eigenvalue weighted by Crippen LogP contribution is -2.42. The number of esters is 1. The van der Waals surface area contributed by atoms with Crippen LogP contribution in [0, 0.1) is 11.8 Å². The van der Waals surface area contributed by atoms with Crippen molar-refractivity contribution >= 4 is 45.0 Å². The maximum absolute atomic E-state index is 13.1. The molecule has 0 aromatic heterocycles. The molecule has 0 spiro atoms. The largest absolute Gasteiger partial charge is 0.452 e. The molecule has 10 heteroatoms. The fourth-order valence-corrected chi connectivity index (χ4v) is 6.52. The van der Waals surface area contributed by atoms with Gasteiger partial charge in [0.2, 0.25) is 10.0 Å². The minimum Gasteiger partial charge on any atom is -0.452 e. The van der Waals surface area contributed by atoms with Crippen molar-refractivity contribution in [3.8, 4) is 0 Å². The highest BCUT2D eigenvalue weighted by atomic mass is 35.5. The molecule has 1 amide bonds.